The van der Waals surface area contributed by atoms with Crippen molar-refractivity contribution in [3.05, 3.63) is 18.2 Å². The summed E-state index contributed by atoms with van der Waals surface area (Å²) in [5.41, 5.74) is 1.40. The van der Waals surface area contributed by atoms with Crippen molar-refractivity contribution in [1.29, 1.82) is 0 Å². The van der Waals surface area contributed by atoms with Gasteiger partial charge < -0.3 is 20.4 Å². The van der Waals surface area contributed by atoms with Crippen LogP contribution < -0.4 is 10.2 Å². The second kappa shape index (κ2) is 7.15. The van der Waals surface area contributed by atoms with Crippen LogP contribution in [0.25, 0.3) is 0 Å². The molecule has 2 rings (SSSR count). The highest BCUT2D eigenvalue weighted by Gasteiger charge is 2.26. The summed E-state index contributed by atoms with van der Waals surface area (Å²) in [5, 5.41) is 21.3. The molecule has 1 aromatic carbocycles. The molecule has 1 saturated carbocycles. The number of amides is 1. The van der Waals surface area contributed by atoms with Gasteiger partial charge in [0.05, 0.1) is 17.3 Å². The lowest BCUT2D eigenvalue weighted by molar-refractivity contribution is -0.143. The molecule has 1 aliphatic rings. The number of nitrogens with one attached hydrogen (secondary N) is 1. The first-order valence-corrected chi connectivity index (χ1v) is 7.48. The molecular formula is C16H22N2O4. The molecule has 1 aliphatic carbocycles. The van der Waals surface area contributed by atoms with Gasteiger partial charge in [0.2, 0.25) is 6.41 Å². The Morgan fingerprint density at radius 3 is 2.64 bits per heavy atom. The monoisotopic (exact) mass is 306 g/mol. The number of phenolic OH excluding ortho intramolecular Hbond substituents is 1. The number of nitrogens with zero attached hydrogens (tertiary/aromatic N) is 1. The lowest BCUT2D eigenvalue weighted by atomic mass is 9.82. The minimum absolute atomic E-state index is 0.146. The Bertz CT molecular complexity index is 539. The standard InChI is InChI=1S/C16H22N2O4/c1-18(9-11-2-4-12(5-3-11)16(21)22)15-8-13(20)6-7-14(15)17-10-19/h6-8,10-12,20H,2-5,9H2,1H3,(H,17,19)(H,21,22). The molecule has 22 heavy (non-hydrogen) atoms. The van der Waals surface area contributed by atoms with Gasteiger partial charge in [-0.25, -0.2) is 0 Å². The Kier molecular flexibility index (Phi) is 5.25. The van der Waals surface area contributed by atoms with Crippen molar-refractivity contribution >= 4 is 23.8 Å². The smallest absolute Gasteiger partial charge is 0.306 e. The molecule has 6 nitrogen and oxygen atoms in total. The summed E-state index contributed by atoms with van der Waals surface area (Å²) in [6, 6.07) is 4.81. The predicted octanol–water partition coefficient (Wildman–Crippen LogP) is 2.29. The highest BCUT2D eigenvalue weighted by molar-refractivity contribution is 5.82. The number of rotatable bonds is 6. The van der Waals surface area contributed by atoms with E-state index in [1.54, 1.807) is 12.1 Å². The average Bonchev–Trinajstić information content (AvgIpc) is 2.49. The van der Waals surface area contributed by atoms with E-state index in [2.05, 4.69) is 5.32 Å². The summed E-state index contributed by atoms with van der Waals surface area (Å²) in [5.74, 6) is -0.341. The molecule has 0 aliphatic heterocycles. The van der Waals surface area contributed by atoms with Gasteiger partial charge in [-0.05, 0) is 43.7 Å². The average molecular weight is 306 g/mol. The van der Waals surface area contributed by atoms with E-state index in [9.17, 15) is 14.7 Å². The van der Waals surface area contributed by atoms with Crippen molar-refractivity contribution in [2.24, 2.45) is 11.8 Å². The van der Waals surface area contributed by atoms with E-state index in [1.165, 1.54) is 6.07 Å². The maximum absolute atomic E-state index is 11.0. The van der Waals surface area contributed by atoms with Crippen LogP contribution in [0.2, 0.25) is 0 Å². The van der Waals surface area contributed by atoms with Crippen LogP contribution in [-0.2, 0) is 9.59 Å². The van der Waals surface area contributed by atoms with Gasteiger partial charge in [0.1, 0.15) is 5.75 Å². The molecule has 0 aromatic heterocycles. The molecule has 1 amide bonds. The van der Waals surface area contributed by atoms with Gasteiger partial charge >= 0.3 is 5.97 Å². The third kappa shape index (κ3) is 3.90. The van der Waals surface area contributed by atoms with E-state index < -0.39 is 5.97 Å². The minimum Gasteiger partial charge on any atom is -0.508 e. The van der Waals surface area contributed by atoms with E-state index in [1.807, 2.05) is 11.9 Å². The van der Waals surface area contributed by atoms with Crippen molar-refractivity contribution in [3.8, 4) is 5.75 Å². The van der Waals surface area contributed by atoms with Crippen LogP contribution >= 0.6 is 0 Å². The molecule has 0 saturated heterocycles. The number of anilines is 2. The number of carbonyl (C=O) groups is 2. The molecule has 0 radical (unpaired) electrons. The molecule has 0 bridgehead atoms. The number of carbonyl (C=O) groups excluding carboxylic acids is 1. The van der Waals surface area contributed by atoms with Gasteiger partial charge in [0.15, 0.2) is 0 Å². The number of benzene rings is 1. The molecule has 6 heteroatoms. The van der Waals surface area contributed by atoms with Crippen LogP contribution in [0.3, 0.4) is 0 Å². The lowest BCUT2D eigenvalue weighted by Gasteiger charge is -2.31. The molecule has 1 fully saturated rings. The second-order valence-corrected chi connectivity index (χ2v) is 5.90. The van der Waals surface area contributed by atoms with Crippen molar-refractivity contribution in [2.75, 3.05) is 23.8 Å². The van der Waals surface area contributed by atoms with Crippen LogP contribution in [0.4, 0.5) is 11.4 Å². The fraction of sp³-hybridized carbons (Fsp3) is 0.500. The Morgan fingerprint density at radius 1 is 1.36 bits per heavy atom. The summed E-state index contributed by atoms with van der Waals surface area (Å²) in [4.78, 5) is 23.7. The highest BCUT2D eigenvalue weighted by atomic mass is 16.4. The van der Waals surface area contributed by atoms with E-state index in [0.29, 0.717) is 30.9 Å². The summed E-state index contributed by atoms with van der Waals surface area (Å²) < 4.78 is 0. The Balaban J connectivity index is 2.00. The van der Waals surface area contributed by atoms with Crippen LogP contribution in [0, 0.1) is 11.8 Å². The zero-order valence-electron chi connectivity index (χ0n) is 12.7. The van der Waals surface area contributed by atoms with Gasteiger partial charge in [0, 0.05) is 19.7 Å². The van der Waals surface area contributed by atoms with E-state index in [4.69, 9.17) is 5.11 Å². The molecule has 0 unspecified atom stereocenters. The Labute approximate surface area is 129 Å². The van der Waals surface area contributed by atoms with Gasteiger partial charge in [-0.3, -0.25) is 9.59 Å². The lowest BCUT2D eigenvalue weighted by Crippen LogP contribution is -2.30. The molecule has 120 valence electrons. The third-order valence-electron chi connectivity index (χ3n) is 4.34. The van der Waals surface area contributed by atoms with Crippen LogP contribution in [0.5, 0.6) is 5.75 Å². The predicted molar refractivity (Wildman–Crippen MR) is 84.1 cm³/mol. The van der Waals surface area contributed by atoms with E-state index in [-0.39, 0.29) is 11.7 Å². The number of hydrogen-bond acceptors (Lipinski definition) is 4. The SMILES string of the molecule is CN(CC1CCC(C(=O)O)CC1)c1cc(O)ccc1NC=O. The molecule has 1 aromatic rings. The number of phenols is 1. The summed E-state index contributed by atoms with van der Waals surface area (Å²) >= 11 is 0. The maximum atomic E-state index is 11.0. The van der Waals surface area contributed by atoms with Crippen molar-refractivity contribution < 1.29 is 19.8 Å². The molecule has 3 N–H and O–H groups in total. The van der Waals surface area contributed by atoms with Gasteiger partial charge in [-0.1, -0.05) is 0 Å². The minimum atomic E-state index is -0.697. The zero-order valence-corrected chi connectivity index (χ0v) is 12.7. The molecular weight excluding hydrogens is 284 g/mol. The number of hydrogen-bond donors (Lipinski definition) is 3. The normalized spacial score (nSPS) is 21.1. The van der Waals surface area contributed by atoms with Crippen LogP contribution in [0.15, 0.2) is 18.2 Å². The third-order valence-corrected chi connectivity index (χ3v) is 4.34. The first-order valence-electron chi connectivity index (χ1n) is 7.48. The second-order valence-electron chi connectivity index (χ2n) is 5.90. The van der Waals surface area contributed by atoms with Gasteiger partial charge in [-0.2, -0.15) is 0 Å². The van der Waals surface area contributed by atoms with Gasteiger partial charge in [0.25, 0.3) is 0 Å². The zero-order chi connectivity index (χ0) is 16.1. The number of carboxylic acid groups (broad SMARTS) is 1. The Hall–Kier alpha value is -2.24. The van der Waals surface area contributed by atoms with Crippen LogP contribution in [-0.4, -0.2) is 36.2 Å². The summed E-state index contributed by atoms with van der Waals surface area (Å²) in [6.45, 7) is 0.767. The molecule has 0 atom stereocenters. The maximum Gasteiger partial charge on any atom is 0.306 e. The van der Waals surface area contributed by atoms with E-state index in [0.717, 1.165) is 25.1 Å². The van der Waals surface area contributed by atoms with Crippen molar-refractivity contribution in [1.82, 2.24) is 0 Å². The first-order chi connectivity index (χ1) is 10.5. The summed E-state index contributed by atoms with van der Waals surface area (Å²) in [7, 11) is 1.91. The highest BCUT2D eigenvalue weighted by Crippen LogP contribution is 2.33. The Morgan fingerprint density at radius 2 is 2.05 bits per heavy atom. The molecule has 0 spiro atoms. The van der Waals surface area contributed by atoms with Crippen LogP contribution in [0.1, 0.15) is 25.7 Å². The quantitative estimate of drug-likeness (QED) is 0.554. The van der Waals surface area contributed by atoms with Crippen molar-refractivity contribution in [2.45, 2.75) is 25.7 Å². The fourth-order valence-electron chi connectivity index (χ4n) is 3.10. The molecule has 0 heterocycles. The number of aromatic hydroxyl groups is 1. The van der Waals surface area contributed by atoms with E-state index >= 15 is 0 Å². The first kappa shape index (κ1) is 16.1. The fourth-order valence-corrected chi connectivity index (χ4v) is 3.10. The largest absolute Gasteiger partial charge is 0.508 e. The number of carboxylic acids is 1. The number of aliphatic carboxylic acids is 1. The topological polar surface area (TPSA) is 89.9 Å². The van der Waals surface area contributed by atoms with Gasteiger partial charge in [-0.15, -0.1) is 0 Å². The summed E-state index contributed by atoms with van der Waals surface area (Å²) in [6.07, 6.45) is 3.82. The van der Waals surface area contributed by atoms with Crippen molar-refractivity contribution in [3.63, 3.8) is 0 Å².